The second-order valence-electron chi connectivity index (χ2n) is 6.06. The van der Waals surface area contributed by atoms with Crippen LogP contribution in [0.4, 0.5) is 10.5 Å². The van der Waals surface area contributed by atoms with Crippen LogP contribution in [0.1, 0.15) is 32.8 Å². The Morgan fingerprint density at radius 3 is 2.62 bits per heavy atom. The molecule has 0 unspecified atom stereocenters. The van der Waals surface area contributed by atoms with E-state index in [2.05, 4.69) is 5.32 Å². The van der Waals surface area contributed by atoms with Gasteiger partial charge in [-0.2, -0.15) is 0 Å². The maximum Gasteiger partial charge on any atom is 0.410 e. The number of ether oxygens (including phenoxy) is 1. The highest BCUT2D eigenvalue weighted by atomic mass is 16.6. The molecule has 5 heteroatoms. The van der Waals surface area contributed by atoms with Crippen molar-refractivity contribution >= 4 is 11.8 Å². The summed E-state index contributed by atoms with van der Waals surface area (Å²) in [4.78, 5) is 13.6. The topological polar surface area (TPSA) is 67.6 Å². The van der Waals surface area contributed by atoms with Gasteiger partial charge in [-0.1, -0.05) is 18.2 Å². The van der Waals surface area contributed by atoms with Gasteiger partial charge in [0.1, 0.15) is 5.60 Å². The van der Waals surface area contributed by atoms with E-state index in [0.29, 0.717) is 13.1 Å². The molecule has 5 nitrogen and oxygen atoms in total. The van der Waals surface area contributed by atoms with E-state index in [4.69, 9.17) is 10.5 Å². The number of benzene rings is 1. The fraction of sp³-hybridized carbons (Fsp3) is 0.562. The maximum absolute atomic E-state index is 12.0. The van der Waals surface area contributed by atoms with E-state index in [1.807, 2.05) is 45.0 Å². The molecule has 1 rings (SSSR count). The molecule has 0 aliphatic carbocycles. The third-order valence-electron chi connectivity index (χ3n) is 2.83. The number of rotatable bonds is 6. The highest BCUT2D eigenvalue weighted by molar-refractivity contribution is 5.68. The van der Waals surface area contributed by atoms with Crippen molar-refractivity contribution < 1.29 is 9.53 Å². The lowest BCUT2D eigenvalue weighted by Crippen LogP contribution is -2.34. The zero-order chi connectivity index (χ0) is 15.9. The van der Waals surface area contributed by atoms with Gasteiger partial charge in [0, 0.05) is 19.3 Å². The zero-order valence-corrected chi connectivity index (χ0v) is 13.5. The Labute approximate surface area is 127 Å². The predicted molar refractivity (Wildman–Crippen MR) is 86.3 cm³/mol. The molecule has 0 atom stereocenters. The third-order valence-corrected chi connectivity index (χ3v) is 2.83. The molecule has 0 heterocycles. The molecule has 3 N–H and O–H groups in total. The number of carbonyl (C=O) groups is 1. The molecule has 0 aromatic heterocycles. The molecule has 0 aliphatic rings. The summed E-state index contributed by atoms with van der Waals surface area (Å²) >= 11 is 0. The van der Waals surface area contributed by atoms with Gasteiger partial charge in [-0.25, -0.2) is 4.79 Å². The van der Waals surface area contributed by atoms with E-state index in [0.717, 1.165) is 24.2 Å². The number of hydrogen-bond acceptors (Lipinski definition) is 4. The van der Waals surface area contributed by atoms with E-state index in [1.54, 1.807) is 11.9 Å². The van der Waals surface area contributed by atoms with Crippen LogP contribution in [-0.2, 0) is 11.3 Å². The zero-order valence-electron chi connectivity index (χ0n) is 13.5. The molecule has 1 aromatic rings. The Hall–Kier alpha value is -1.75. The van der Waals surface area contributed by atoms with Gasteiger partial charge in [-0.05, 0) is 45.4 Å². The monoisotopic (exact) mass is 293 g/mol. The highest BCUT2D eigenvalue weighted by Gasteiger charge is 2.20. The number of hydrogen-bond donors (Lipinski definition) is 2. The van der Waals surface area contributed by atoms with Gasteiger partial charge in [0.15, 0.2) is 0 Å². The quantitative estimate of drug-likeness (QED) is 0.791. The van der Waals surface area contributed by atoms with Crippen LogP contribution in [0.3, 0.4) is 0 Å². The maximum atomic E-state index is 12.0. The SMILES string of the molecule is CN(Cc1ccccc1NCCCN)C(=O)OC(C)(C)C. The van der Waals surface area contributed by atoms with Crippen LogP contribution in [-0.4, -0.2) is 36.7 Å². The lowest BCUT2D eigenvalue weighted by atomic mass is 10.1. The standard InChI is InChI=1S/C16H27N3O2/c1-16(2,3)21-15(20)19(4)12-13-8-5-6-9-14(13)18-11-7-10-17/h5-6,8-9,18H,7,10-12,17H2,1-4H3. The molecular formula is C16H27N3O2. The lowest BCUT2D eigenvalue weighted by Gasteiger charge is -2.25. The van der Waals surface area contributed by atoms with Crippen molar-refractivity contribution in [1.82, 2.24) is 4.90 Å². The number of para-hydroxylation sites is 1. The molecule has 0 radical (unpaired) electrons. The van der Waals surface area contributed by atoms with Crippen LogP contribution in [0.2, 0.25) is 0 Å². The Bertz CT molecular complexity index is 455. The summed E-state index contributed by atoms with van der Waals surface area (Å²) in [6.45, 7) is 7.57. The number of carbonyl (C=O) groups excluding carboxylic acids is 1. The van der Waals surface area contributed by atoms with Crippen LogP contribution in [0, 0.1) is 0 Å². The largest absolute Gasteiger partial charge is 0.444 e. The molecule has 0 fully saturated rings. The Kier molecular flexibility index (Phi) is 6.49. The van der Waals surface area contributed by atoms with Crippen LogP contribution in [0.5, 0.6) is 0 Å². The first kappa shape index (κ1) is 17.3. The number of amides is 1. The average molecular weight is 293 g/mol. The van der Waals surface area contributed by atoms with Crippen molar-refractivity contribution in [2.75, 3.05) is 25.5 Å². The van der Waals surface area contributed by atoms with Gasteiger partial charge in [0.05, 0.1) is 6.54 Å². The Morgan fingerprint density at radius 1 is 1.33 bits per heavy atom. The minimum atomic E-state index is -0.482. The van der Waals surface area contributed by atoms with Crippen LogP contribution in [0.15, 0.2) is 24.3 Å². The first-order valence-corrected chi connectivity index (χ1v) is 7.29. The number of nitrogens with two attached hydrogens (primary N) is 1. The van der Waals surface area contributed by atoms with E-state index >= 15 is 0 Å². The summed E-state index contributed by atoms with van der Waals surface area (Å²) in [5, 5.41) is 3.35. The second-order valence-corrected chi connectivity index (χ2v) is 6.06. The number of nitrogens with one attached hydrogen (secondary N) is 1. The van der Waals surface area contributed by atoms with Gasteiger partial charge < -0.3 is 20.7 Å². The molecule has 118 valence electrons. The molecule has 0 saturated carbocycles. The molecular weight excluding hydrogens is 266 g/mol. The van der Waals surface area contributed by atoms with Crippen molar-refractivity contribution in [2.24, 2.45) is 5.73 Å². The molecule has 0 bridgehead atoms. The van der Waals surface area contributed by atoms with Crippen molar-refractivity contribution in [3.8, 4) is 0 Å². The minimum Gasteiger partial charge on any atom is -0.444 e. The molecule has 0 spiro atoms. The van der Waals surface area contributed by atoms with Gasteiger partial charge in [0.2, 0.25) is 0 Å². The van der Waals surface area contributed by atoms with Crippen LogP contribution in [0.25, 0.3) is 0 Å². The van der Waals surface area contributed by atoms with Gasteiger partial charge in [-0.15, -0.1) is 0 Å². The third kappa shape index (κ3) is 6.49. The summed E-state index contributed by atoms with van der Waals surface area (Å²) in [6.07, 6.45) is 0.593. The summed E-state index contributed by atoms with van der Waals surface area (Å²) in [5.74, 6) is 0. The van der Waals surface area contributed by atoms with Crippen LogP contribution >= 0.6 is 0 Å². The molecule has 21 heavy (non-hydrogen) atoms. The summed E-state index contributed by atoms with van der Waals surface area (Å²) in [5.41, 5.74) is 7.11. The van der Waals surface area contributed by atoms with Crippen molar-refractivity contribution in [3.05, 3.63) is 29.8 Å². The van der Waals surface area contributed by atoms with Crippen molar-refractivity contribution in [3.63, 3.8) is 0 Å². The number of nitrogens with zero attached hydrogens (tertiary/aromatic N) is 1. The van der Waals surface area contributed by atoms with Gasteiger partial charge in [0.25, 0.3) is 0 Å². The van der Waals surface area contributed by atoms with Gasteiger partial charge in [-0.3, -0.25) is 0 Å². The lowest BCUT2D eigenvalue weighted by molar-refractivity contribution is 0.0285. The molecule has 1 amide bonds. The van der Waals surface area contributed by atoms with E-state index < -0.39 is 5.60 Å². The highest BCUT2D eigenvalue weighted by Crippen LogP contribution is 2.18. The average Bonchev–Trinajstić information content (AvgIpc) is 2.39. The first-order chi connectivity index (χ1) is 9.83. The molecule has 1 aromatic carbocycles. The predicted octanol–water partition coefficient (Wildman–Crippen LogP) is 2.81. The van der Waals surface area contributed by atoms with Crippen LogP contribution < -0.4 is 11.1 Å². The Balaban J connectivity index is 2.67. The Morgan fingerprint density at radius 2 is 2.00 bits per heavy atom. The van der Waals surface area contributed by atoms with E-state index in [-0.39, 0.29) is 6.09 Å². The van der Waals surface area contributed by atoms with Crippen molar-refractivity contribution in [2.45, 2.75) is 39.3 Å². The minimum absolute atomic E-state index is 0.320. The first-order valence-electron chi connectivity index (χ1n) is 7.29. The summed E-state index contributed by atoms with van der Waals surface area (Å²) < 4.78 is 5.36. The number of anilines is 1. The van der Waals surface area contributed by atoms with Crippen molar-refractivity contribution in [1.29, 1.82) is 0 Å². The summed E-state index contributed by atoms with van der Waals surface area (Å²) in [7, 11) is 1.74. The second kappa shape index (κ2) is 7.88. The van der Waals surface area contributed by atoms with E-state index in [9.17, 15) is 4.79 Å². The molecule has 0 aliphatic heterocycles. The summed E-state index contributed by atoms with van der Waals surface area (Å²) in [6, 6.07) is 7.95. The fourth-order valence-electron chi connectivity index (χ4n) is 1.82. The normalized spacial score (nSPS) is 11.1. The molecule has 0 saturated heterocycles. The fourth-order valence-corrected chi connectivity index (χ4v) is 1.82. The van der Waals surface area contributed by atoms with E-state index in [1.165, 1.54) is 0 Å². The van der Waals surface area contributed by atoms with Gasteiger partial charge >= 0.3 is 6.09 Å². The smallest absolute Gasteiger partial charge is 0.410 e.